The van der Waals surface area contributed by atoms with Gasteiger partial charge < -0.3 is 15.5 Å². The van der Waals surface area contributed by atoms with Crippen LogP contribution in [0.1, 0.15) is 72.7 Å². The van der Waals surface area contributed by atoms with Crippen molar-refractivity contribution in [1.82, 2.24) is 10.2 Å². The van der Waals surface area contributed by atoms with E-state index in [1.54, 1.807) is 11.4 Å². The van der Waals surface area contributed by atoms with E-state index in [-0.39, 0.29) is 29.7 Å². The maximum Gasteiger partial charge on any atom is 0.256 e. The van der Waals surface area contributed by atoms with E-state index in [0.29, 0.717) is 35.1 Å². The number of nitrogens with zero attached hydrogens (tertiary/aromatic N) is 1. The lowest BCUT2D eigenvalue weighted by Crippen LogP contribution is -2.47. The number of hydrogen-bond donors (Lipinski definition) is 2. The van der Waals surface area contributed by atoms with Crippen molar-refractivity contribution in [2.24, 2.45) is 5.92 Å². The summed E-state index contributed by atoms with van der Waals surface area (Å²) in [6, 6.07) is 9.29. The maximum absolute atomic E-state index is 12.8. The number of carbonyl (C=O) groups is 3. The molecule has 1 aliphatic rings. The highest BCUT2D eigenvalue weighted by Crippen LogP contribution is 2.25. The van der Waals surface area contributed by atoms with Gasteiger partial charge in [-0.2, -0.15) is 0 Å². The van der Waals surface area contributed by atoms with Crippen LogP contribution in [0.15, 0.2) is 35.7 Å². The van der Waals surface area contributed by atoms with Gasteiger partial charge in [-0.3, -0.25) is 14.4 Å². The zero-order valence-corrected chi connectivity index (χ0v) is 19.4. The third-order valence-corrected chi connectivity index (χ3v) is 6.44. The average Bonchev–Trinajstić information content (AvgIpc) is 3.22. The van der Waals surface area contributed by atoms with Crippen molar-refractivity contribution >= 4 is 34.1 Å². The topological polar surface area (TPSA) is 78.5 Å². The number of benzene rings is 1. The van der Waals surface area contributed by atoms with Gasteiger partial charge in [0.05, 0.1) is 5.56 Å². The second-order valence-electron chi connectivity index (χ2n) is 8.62. The number of piperidine rings is 1. The lowest BCUT2D eigenvalue weighted by atomic mass is 10.0. The molecule has 0 saturated carbocycles. The Morgan fingerprint density at radius 1 is 0.968 bits per heavy atom. The van der Waals surface area contributed by atoms with Gasteiger partial charge in [0.15, 0.2) is 0 Å². The first-order valence-electron chi connectivity index (χ1n) is 10.8. The smallest absolute Gasteiger partial charge is 0.256 e. The number of rotatable bonds is 6. The van der Waals surface area contributed by atoms with Crippen molar-refractivity contribution in [2.45, 2.75) is 52.5 Å². The quantitative estimate of drug-likeness (QED) is 0.693. The van der Waals surface area contributed by atoms with E-state index in [1.165, 1.54) is 16.9 Å². The van der Waals surface area contributed by atoms with Gasteiger partial charge in [-0.1, -0.05) is 39.8 Å². The summed E-state index contributed by atoms with van der Waals surface area (Å²) in [5, 5.41) is 8.28. The summed E-state index contributed by atoms with van der Waals surface area (Å²) < 4.78 is 0. The van der Waals surface area contributed by atoms with Crippen molar-refractivity contribution in [3.8, 4) is 0 Å². The second-order valence-corrected chi connectivity index (χ2v) is 9.54. The van der Waals surface area contributed by atoms with E-state index in [0.717, 1.165) is 12.8 Å². The normalized spacial score (nSPS) is 14.7. The maximum atomic E-state index is 12.8. The average molecular weight is 442 g/mol. The number of amides is 3. The molecule has 0 spiro atoms. The Labute approximate surface area is 188 Å². The van der Waals surface area contributed by atoms with Gasteiger partial charge >= 0.3 is 0 Å². The SMILES string of the molecule is CC(C)C(=O)N1CCC(NC(=O)c2ccsc2NC(=O)c2ccc(C(C)C)cc2)CC1. The molecular formula is C24H31N3O3S. The molecular weight excluding hydrogens is 410 g/mol. The van der Waals surface area contributed by atoms with E-state index in [4.69, 9.17) is 0 Å². The zero-order valence-electron chi connectivity index (χ0n) is 18.6. The molecule has 1 saturated heterocycles. The monoisotopic (exact) mass is 441 g/mol. The van der Waals surface area contributed by atoms with E-state index in [1.807, 2.05) is 43.0 Å². The summed E-state index contributed by atoms with van der Waals surface area (Å²) in [6.07, 6.45) is 1.47. The van der Waals surface area contributed by atoms with E-state index >= 15 is 0 Å². The van der Waals surface area contributed by atoms with E-state index in [2.05, 4.69) is 24.5 Å². The summed E-state index contributed by atoms with van der Waals surface area (Å²) in [5.74, 6) is 0.131. The highest BCUT2D eigenvalue weighted by atomic mass is 32.1. The summed E-state index contributed by atoms with van der Waals surface area (Å²) in [4.78, 5) is 39.5. The molecule has 3 rings (SSSR count). The number of thiophene rings is 1. The van der Waals surface area contributed by atoms with Crippen LogP contribution in [0, 0.1) is 5.92 Å². The van der Waals surface area contributed by atoms with Crippen LogP contribution < -0.4 is 10.6 Å². The zero-order chi connectivity index (χ0) is 22.5. The second kappa shape index (κ2) is 10.1. The molecule has 7 heteroatoms. The number of hydrogen-bond acceptors (Lipinski definition) is 4. The third-order valence-electron chi connectivity index (χ3n) is 5.61. The first kappa shape index (κ1) is 23.0. The standard InChI is InChI=1S/C24H31N3O3S/c1-15(2)17-5-7-18(8-6-17)21(28)26-23-20(11-14-31-23)22(29)25-19-9-12-27(13-10-19)24(30)16(3)4/h5-8,11,14-16,19H,9-10,12-13H2,1-4H3,(H,25,29)(H,26,28). The molecule has 1 fully saturated rings. The Kier molecular flexibility index (Phi) is 7.49. The van der Waals surface area contributed by atoms with Crippen LogP contribution in [0.2, 0.25) is 0 Å². The minimum absolute atomic E-state index is 0.00954. The Morgan fingerprint density at radius 3 is 2.19 bits per heavy atom. The highest BCUT2D eigenvalue weighted by Gasteiger charge is 2.26. The van der Waals surface area contributed by atoms with Crippen LogP contribution in [0.4, 0.5) is 5.00 Å². The first-order valence-corrected chi connectivity index (χ1v) is 11.7. The molecule has 0 aliphatic carbocycles. The Bertz CT molecular complexity index is 926. The van der Waals surface area contributed by atoms with Crippen molar-refractivity contribution in [2.75, 3.05) is 18.4 Å². The molecule has 6 nitrogen and oxygen atoms in total. The van der Waals surface area contributed by atoms with Crippen molar-refractivity contribution in [3.05, 3.63) is 52.4 Å². The van der Waals surface area contributed by atoms with Crippen LogP contribution in [-0.2, 0) is 4.79 Å². The van der Waals surface area contributed by atoms with Crippen molar-refractivity contribution in [3.63, 3.8) is 0 Å². The summed E-state index contributed by atoms with van der Waals surface area (Å²) in [6.45, 7) is 9.33. The van der Waals surface area contributed by atoms with Crippen LogP contribution in [0.3, 0.4) is 0 Å². The summed E-state index contributed by atoms with van der Waals surface area (Å²) in [5.41, 5.74) is 2.21. The van der Waals surface area contributed by atoms with Gasteiger partial charge in [-0.25, -0.2) is 0 Å². The van der Waals surface area contributed by atoms with Gasteiger partial charge in [0, 0.05) is 30.6 Å². The molecule has 0 bridgehead atoms. The summed E-state index contributed by atoms with van der Waals surface area (Å²) in [7, 11) is 0. The molecule has 1 aromatic heterocycles. The lowest BCUT2D eigenvalue weighted by Gasteiger charge is -2.33. The molecule has 166 valence electrons. The van der Waals surface area contributed by atoms with Crippen molar-refractivity contribution in [1.29, 1.82) is 0 Å². The highest BCUT2D eigenvalue weighted by molar-refractivity contribution is 7.14. The molecule has 0 radical (unpaired) electrons. The predicted octanol–water partition coefficient (Wildman–Crippen LogP) is 4.50. The molecule has 31 heavy (non-hydrogen) atoms. The molecule has 2 N–H and O–H groups in total. The lowest BCUT2D eigenvalue weighted by molar-refractivity contribution is -0.135. The van der Waals surface area contributed by atoms with Crippen LogP contribution >= 0.6 is 11.3 Å². The van der Waals surface area contributed by atoms with Gasteiger partial charge in [-0.15, -0.1) is 11.3 Å². The number of anilines is 1. The molecule has 3 amide bonds. The fourth-order valence-electron chi connectivity index (χ4n) is 3.65. The number of carbonyl (C=O) groups excluding carboxylic acids is 3. The van der Waals surface area contributed by atoms with Gasteiger partial charge in [0.25, 0.3) is 11.8 Å². The fourth-order valence-corrected chi connectivity index (χ4v) is 4.43. The first-order chi connectivity index (χ1) is 14.8. The van der Waals surface area contributed by atoms with E-state index < -0.39 is 0 Å². The Hall–Kier alpha value is -2.67. The number of nitrogens with one attached hydrogen (secondary N) is 2. The summed E-state index contributed by atoms with van der Waals surface area (Å²) >= 11 is 1.33. The third kappa shape index (κ3) is 5.73. The minimum Gasteiger partial charge on any atom is -0.349 e. The minimum atomic E-state index is -0.229. The predicted molar refractivity (Wildman–Crippen MR) is 125 cm³/mol. The van der Waals surface area contributed by atoms with Crippen LogP contribution in [0.5, 0.6) is 0 Å². The largest absolute Gasteiger partial charge is 0.349 e. The molecule has 1 aromatic carbocycles. The van der Waals surface area contributed by atoms with Gasteiger partial charge in [0.2, 0.25) is 5.91 Å². The Morgan fingerprint density at radius 2 is 1.61 bits per heavy atom. The number of likely N-dealkylation sites (tertiary alicyclic amines) is 1. The molecule has 2 heterocycles. The molecule has 0 unspecified atom stereocenters. The fraction of sp³-hybridized carbons (Fsp3) is 0.458. The van der Waals surface area contributed by atoms with Crippen molar-refractivity contribution < 1.29 is 14.4 Å². The Balaban J connectivity index is 1.58. The van der Waals surface area contributed by atoms with Crippen LogP contribution in [0.25, 0.3) is 0 Å². The molecule has 2 aromatic rings. The molecule has 1 aliphatic heterocycles. The molecule has 0 atom stereocenters. The van der Waals surface area contributed by atoms with Crippen LogP contribution in [-0.4, -0.2) is 41.8 Å². The van der Waals surface area contributed by atoms with Gasteiger partial charge in [0.1, 0.15) is 5.00 Å². The van der Waals surface area contributed by atoms with Gasteiger partial charge in [-0.05, 0) is 47.9 Å². The van der Waals surface area contributed by atoms with E-state index in [9.17, 15) is 14.4 Å².